The van der Waals surface area contributed by atoms with Crippen molar-refractivity contribution in [1.29, 1.82) is 0 Å². The zero-order valence-electron chi connectivity index (χ0n) is 12.8. The summed E-state index contributed by atoms with van der Waals surface area (Å²) in [6, 6.07) is 0. The fourth-order valence-corrected chi connectivity index (χ4v) is 4.68. The number of imidazole rings is 1. The van der Waals surface area contributed by atoms with Crippen molar-refractivity contribution in [3.05, 3.63) is 39.1 Å². The highest BCUT2D eigenvalue weighted by molar-refractivity contribution is 7.98. The van der Waals surface area contributed by atoms with E-state index in [1.165, 1.54) is 24.0 Å². The molecule has 0 saturated heterocycles. The molecule has 22 heavy (non-hydrogen) atoms. The Morgan fingerprint density at radius 3 is 3.14 bits per heavy atom. The highest BCUT2D eigenvalue weighted by Gasteiger charge is 2.19. The Morgan fingerprint density at radius 2 is 2.32 bits per heavy atom. The van der Waals surface area contributed by atoms with Crippen LogP contribution in [-0.4, -0.2) is 28.2 Å². The molecule has 0 aromatic carbocycles. The van der Waals surface area contributed by atoms with E-state index in [1.54, 1.807) is 29.4 Å². The number of aromatic amines is 1. The number of H-pyrrole nitrogens is 1. The van der Waals surface area contributed by atoms with E-state index in [1.807, 2.05) is 6.92 Å². The van der Waals surface area contributed by atoms with Gasteiger partial charge in [-0.15, -0.1) is 11.3 Å². The van der Waals surface area contributed by atoms with E-state index in [2.05, 4.69) is 20.7 Å². The standard InChI is InChI=1S/C16H21N3OS2/c1-11-14(19-10-18-11)9-21-7-6-17-16(20)15-13-5-3-2-4-12(13)8-22-15/h8,10H,2-7,9H2,1H3,(H,17,20)(H,18,19). The minimum absolute atomic E-state index is 0.102. The first kappa shape index (κ1) is 15.6. The molecule has 0 atom stereocenters. The van der Waals surface area contributed by atoms with Gasteiger partial charge in [-0.3, -0.25) is 4.79 Å². The maximum Gasteiger partial charge on any atom is 0.261 e. The molecule has 1 amide bonds. The lowest BCUT2D eigenvalue weighted by Gasteiger charge is -2.12. The minimum atomic E-state index is 0.102. The predicted molar refractivity (Wildman–Crippen MR) is 92.8 cm³/mol. The van der Waals surface area contributed by atoms with Crippen molar-refractivity contribution in [3.8, 4) is 0 Å². The lowest BCUT2D eigenvalue weighted by atomic mass is 9.94. The Bertz CT molecular complexity index is 648. The average Bonchev–Trinajstić information content (AvgIpc) is 3.13. The van der Waals surface area contributed by atoms with Crippen LogP contribution in [-0.2, 0) is 18.6 Å². The summed E-state index contributed by atoms with van der Waals surface area (Å²) in [6.45, 7) is 2.74. The first-order valence-electron chi connectivity index (χ1n) is 7.69. The molecule has 118 valence electrons. The number of hydrogen-bond donors (Lipinski definition) is 2. The number of carbonyl (C=O) groups excluding carboxylic acids is 1. The van der Waals surface area contributed by atoms with Gasteiger partial charge in [0, 0.05) is 23.7 Å². The van der Waals surface area contributed by atoms with Gasteiger partial charge in [-0.2, -0.15) is 11.8 Å². The number of aromatic nitrogens is 2. The van der Waals surface area contributed by atoms with Gasteiger partial charge in [0.25, 0.3) is 5.91 Å². The number of carbonyl (C=O) groups is 1. The molecule has 0 unspecified atom stereocenters. The smallest absolute Gasteiger partial charge is 0.261 e. The van der Waals surface area contributed by atoms with Crippen LogP contribution in [0.1, 0.15) is 45.0 Å². The quantitative estimate of drug-likeness (QED) is 0.796. The molecule has 2 heterocycles. The lowest BCUT2D eigenvalue weighted by Crippen LogP contribution is -2.26. The van der Waals surface area contributed by atoms with E-state index in [-0.39, 0.29) is 5.91 Å². The number of rotatable bonds is 6. The number of fused-ring (bicyclic) bond motifs is 1. The molecular formula is C16H21N3OS2. The van der Waals surface area contributed by atoms with Gasteiger partial charge in [0.2, 0.25) is 0 Å². The van der Waals surface area contributed by atoms with E-state index in [0.29, 0.717) is 6.54 Å². The molecule has 3 rings (SSSR count). The number of amides is 1. The molecule has 0 aliphatic heterocycles. The van der Waals surface area contributed by atoms with Crippen LogP contribution in [0.5, 0.6) is 0 Å². The molecule has 1 aliphatic carbocycles. The van der Waals surface area contributed by atoms with Crippen LogP contribution in [0.3, 0.4) is 0 Å². The number of hydrogen-bond acceptors (Lipinski definition) is 4. The maximum absolute atomic E-state index is 12.3. The third-order valence-electron chi connectivity index (χ3n) is 4.01. The molecule has 0 radical (unpaired) electrons. The first-order chi connectivity index (χ1) is 10.8. The molecule has 0 spiro atoms. The normalized spacial score (nSPS) is 13.9. The Morgan fingerprint density at radius 1 is 1.45 bits per heavy atom. The van der Waals surface area contributed by atoms with Gasteiger partial charge in [0.15, 0.2) is 0 Å². The van der Waals surface area contributed by atoms with Crippen molar-refractivity contribution >= 4 is 29.0 Å². The van der Waals surface area contributed by atoms with Gasteiger partial charge in [0.05, 0.1) is 16.9 Å². The summed E-state index contributed by atoms with van der Waals surface area (Å²) in [7, 11) is 0. The van der Waals surface area contributed by atoms with Crippen LogP contribution in [0, 0.1) is 6.92 Å². The van der Waals surface area contributed by atoms with Crippen LogP contribution in [0.25, 0.3) is 0 Å². The fraction of sp³-hybridized carbons (Fsp3) is 0.500. The van der Waals surface area contributed by atoms with Gasteiger partial charge in [-0.05, 0) is 49.1 Å². The zero-order valence-corrected chi connectivity index (χ0v) is 14.4. The molecule has 2 N–H and O–H groups in total. The van der Waals surface area contributed by atoms with Crippen LogP contribution in [0.15, 0.2) is 11.7 Å². The van der Waals surface area contributed by atoms with Crippen molar-refractivity contribution in [2.45, 2.75) is 38.4 Å². The topological polar surface area (TPSA) is 57.8 Å². The van der Waals surface area contributed by atoms with Gasteiger partial charge in [0.1, 0.15) is 0 Å². The Labute approximate surface area is 139 Å². The molecule has 6 heteroatoms. The first-order valence-corrected chi connectivity index (χ1v) is 9.73. The summed E-state index contributed by atoms with van der Waals surface area (Å²) in [5, 5.41) is 5.22. The van der Waals surface area contributed by atoms with Crippen LogP contribution in [0.2, 0.25) is 0 Å². The molecule has 0 bridgehead atoms. The van der Waals surface area contributed by atoms with E-state index in [4.69, 9.17) is 0 Å². The summed E-state index contributed by atoms with van der Waals surface area (Å²) in [5.41, 5.74) is 4.92. The number of nitrogens with one attached hydrogen (secondary N) is 2. The summed E-state index contributed by atoms with van der Waals surface area (Å²) in [5.74, 6) is 1.90. The summed E-state index contributed by atoms with van der Waals surface area (Å²) < 4.78 is 0. The minimum Gasteiger partial charge on any atom is -0.351 e. The molecular weight excluding hydrogens is 314 g/mol. The van der Waals surface area contributed by atoms with E-state index in [0.717, 1.165) is 40.6 Å². The third kappa shape index (κ3) is 3.55. The maximum atomic E-state index is 12.3. The molecule has 2 aromatic heterocycles. The summed E-state index contributed by atoms with van der Waals surface area (Å²) >= 11 is 3.40. The van der Waals surface area contributed by atoms with E-state index in [9.17, 15) is 4.79 Å². The average molecular weight is 335 g/mol. The van der Waals surface area contributed by atoms with E-state index < -0.39 is 0 Å². The number of aryl methyl sites for hydroxylation is 2. The number of nitrogens with zero attached hydrogens (tertiary/aromatic N) is 1. The summed E-state index contributed by atoms with van der Waals surface area (Å²) in [4.78, 5) is 20.6. The highest BCUT2D eigenvalue weighted by Crippen LogP contribution is 2.29. The third-order valence-corrected chi connectivity index (χ3v) is 6.06. The second-order valence-electron chi connectivity index (χ2n) is 5.56. The van der Waals surface area contributed by atoms with Gasteiger partial charge in [-0.1, -0.05) is 0 Å². The van der Waals surface area contributed by atoms with Crippen molar-refractivity contribution < 1.29 is 4.79 Å². The monoisotopic (exact) mass is 335 g/mol. The molecule has 0 saturated carbocycles. The van der Waals surface area contributed by atoms with Gasteiger partial charge >= 0.3 is 0 Å². The van der Waals surface area contributed by atoms with Crippen molar-refractivity contribution in [1.82, 2.24) is 15.3 Å². The van der Waals surface area contributed by atoms with Gasteiger partial charge < -0.3 is 10.3 Å². The van der Waals surface area contributed by atoms with Crippen LogP contribution >= 0.6 is 23.1 Å². The molecule has 1 aliphatic rings. The predicted octanol–water partition coefficient (Wildman–Crippen LogP) is 3.32. The molecule has 2 aromatic rings. The van der Waals surface area contributed by atoms with Crippen LogP contribution in [0.4, 0.5) is 0 Å². The summed E-state index contributed by atoms with van der Waals surface area (Å²) in [6.07, 6.45) is 6.40. The van der Waals surface area contributed by atoms with Crippen LogP contribution < -0.4 is 5.32 Å². The molecule has 0 fully saturated rings. The number of thiophene rings is 1. The van der Waals surface area contributed by atoms with Crippen molar-refractivity contribution in [2.75, 3.05) is 12.3 Å². The Balaban J connectivity index is 1.43. The van der Waals surface area contributed by atoms with Gasteiger partial charge in [-0.25, -0.2) is 4.98 Å². The van der Waals surface area contributed by atoms with Crippen molar-refractivity contribution in [3.63, 3.8) is 0 Å². The lowest BCUT2D eigenvalue weighted by molar-refractivity contribution is 0.0959. The molecule has 4 nitrogen and oxygen atoms in total. The second kappa shape index (κ2) is 7.33. The number of thioether (sulfide) groups is 1. The Kier molecular flexibility index (Phi) is 5.20. The second-order valence-corrected chi connectivity index (χ2v) is 7.54. The largest absolute Gasteiger partial charge is 0.351 e. The van der Waals surface area contributed by atoms with Crippen molar-refractivity contribution in [2.24, 2.45) is 0 Å². The highest BCUT2D eigenvalue weighted by atomic mass is 32.2. The fourth-order valence-electron chi connectivity index (χ4n) is 2.73. The SMILES string of the molecule is Cc1[nH]cnc1CSCCNC(=O)c1scc2c1CCCC2. The Hall–Kier alpha value is -1.27. The van der Waals surface area contributed by atoms with E-state index >= 15 is 0 Å². The zero-order chi connectivity index (χ0) is 15.4.